The van der Waals surface area contributed by atoms with Gasteiger partial charge in [-0.1, -0.05) is 35.9 Å². The fraction of sp³-hybridized carbons (Fsp3) is 0.318. The lowest BCUT2D eigenvalue weighted by atomic mass is 9.91. The molecular weight excluding hydrogens is 442 g/mol. The average molecular weight is 468 g/mol. The van der Waals surface area contributed by atoms with E-state index in [1.54, 1.807) is 36.4 Å². The molecule has 162 valence electrons. The first-order chi connectivity index (χ1) is 13.9. The van der Waals surface area contributed by atoms with Gasteiger partial charge in [-0.15, -0.1) is 0 Å². The van der Waals surface area contributed by atoms with Crippen molar-refractivity contribution in [3.8, 4) is 0 Å². The molecule has 0 heterocycles. The molecule has 8 heteroatoms. The first kappa shape index (κ1) is 24.5. The van der Waals surface area contributed by atoms with E-state index < -0.39 is 14.6 Å². The van der Waals surface area contributed by atoms with Gasteiger partial charge < -0.3 is 10.4 Å². The number of amides is 1. The SMILES string of the molecule is CC(C)(S)CNC(=O)/C(CCO)=C(\c1ccc(Cl)cc1)c1ccc(S(C)(=O)=O)cc1. The normalized spacial score (nSPS) is 13.0. The van der Waals surface area contributed by atoms with Crippen LogP contribution in [0.25, 0.3) is 5.57 Å². The number of aliphatic hydroxyl groups excluding tert-OH is 1. The molecule has 0 aliphatic heterocycles. The number of aliphatic hydroxyl groups is 1. The van der Waals surface area contributed by atoms with E-state index in [2.05, 4.69) is 17.9 Å². The zero-order chi connectivity index (χ0) is 22.5. The van der Waals surface area contributed by atoms with E-state index in [1.165, 1.54) is 12.1 Å². The summed E-state index contributed by atoms with van der Waals surface area (Å²) in [6.07, 6.45) is 1.27. The number of carbonyl (C=O) groups is 1. The fourth-order valence-corrected chi connectivity index (χ4v) is 3.70. The Morgan fingerprint density at radius 1 is 1.07 bits per heavy atom. The van der Waals surface area contributed by atoms with Gasteiger partial charge in [0.2, 0.25) is 5.91 Å². The zero-order valence-corrected chi connectivity index (χ0v) is 19.6. The molecule has 0 aliphatic carbocycles. The Bertz CT molecular complexity index is 1020. The summed E-state index contributed by atoms with van der Waals surface area (Å²) >= 11 is 10.5. The molecule has 0 saturated heterocycles. The summed E-state index contributed by atoms with van der Waals surface area (Å²) in [5.41, 5.74) is 2.39. The Morgan fingerprint density at radius 3 is 2.00 bits per heavy atom. The van der Waals surface area contributed by atoms with Gasteiger partial charge in [0, 0.05) is 41.2 Å². The van der Waals surface area contributed by atoms with Crippen LogP contribution in [0.15, 0.2) is 59.0 Å². The van der Waals surface area contributed by atoms with Crippen LogP contribution in [0.3, 0.4) is 0 Å². The molecule has 0 saturated carbocycles. The van der Waals surface area contributed by atoms with Crippen molar-refractivity contribution in [2.75, 3.05) is 19.4 Å². The van der Waals surface area contributed by atoms with Crippen molar-refractivity contribution in [3.05, 3.63) is 70.3 Å². The van der Waals surface area contributed by atoms with Crippen LogP contribution in [0, 0.1) is 0 Å². The number of benzene rings is 2. The summed E-state index contributed by atoms with van der Waals surface area (Å²) in [4.78, 5) is 13.2. The van der Waals surface area contributed by atoms with Crippen LogP contribution in [0.5, 0.6) is 0 Å². The number of carbonyl (C=O) groups excluding carboxylic acids is 1. The van der Waals surface area contributed by atoms with Crippen LogP contribution in [0.1, 0.15) is 31.4 Å². The molecule has 2 N–H and O–H groups in total. The molecule has 30 heavy (non-hydrogen) atoms. The van der Waals surface area contributed by atoms with Crippen LogP contribution in [0.4, 0.5) is 0 Å². The number of halogens is 1. The Morgan fingerprint density at radius 2 is 1.57 bits per heavy atom. The van der Waals surface area contributed by atoms with Crippen molar-refractivity contribution in [1.82, 2.24) is 5.32 Å². The molecule has 2 aromatic carbocycles. The Labute approximate surface area is 188 Å². The second-order valence-electron chi connectivity index (χ2n) is 7.63. The second-order valence-corrected chi connectivity index (χ2v) is 11.3. The van der Waals surface area contributed by atoms with E-state index in [4.69, 9.17) is 11.6 Å². The lowest BCUT2D eigenvalue weighted by Crippen LogP contribution is -2.36. The topological polar surface area (TPSA) is 83.5 Å². The molecule has 5 nitrogen and oxygen atoms in total. The maximum Gasteiger partial charge on any atom is 0.247 e. The van der Waals surface area contributed by atoms with Gasteiger partial charge >= 0.3 is 0 Å². The van der Waals surface area contributed by atoms with Crippen molar-refractivity contribution in [2.24, 2.45) is 0 Å². The van der Waals surface area contributed by atoms with Crippen LogP contribution < -0.4 is 5.32 Å². The van der Waals surface area contributed by atoms with Crippen LogP contribution >= 0.6 is 24.2 Å². The van der Waals surface area contributed by atoms with Gasteiger partial charge in [0.15, 0.2) is 9.84 Å². The molecule has 2 aromatic rings. The predicted molar refractivity (Wildman–Crippen MR) is 125 cm³/mol. The summed E-state index contributed by atoms with van der Waals surface area (Å²) in [6, 6.07) is 13.3. The van der Waals surface area contributed by atoms with Crippen molar-refractivity contribution >= 4 is 45.5 Å². The minimum absolute atomic E-state index is 0.130. The van der Waals surface area contributed by atoms with Gasteiger partial charge in [-0.05, 0) is 54.8 Å². The second kappa shape index (κ2) is 10.0. The maximum atomic E-state index is 13.0. The molecule has 0 fully saturated rings. The smallest absolute Gasteiger partial charge is 0.247 e. The van der Waals surface area contributed by atoms with Gasteiger partial charge in [-0.2, -0.15) is 12.6 Å². The largest absolute Gasteiger partial charge is 0.396 e. The number of nitrogens with one attached hydrogen (secondary N) is 1. The highest BCUT2D eigenvalue weighted by molar-refractivity contribution is 7.90. The minimum Gasteiger partial charge on any atom is -0.396 e. The summed E-state index contributed by atoms with van der Waals surface area (Å²) in [5, 5.41) is 13.0. The molecule has 0 aromatic heterocycles. The van der Waals surface area contributed by atoms with Gasteiger partial charge in [-0.3, -0.25) is 4.79 Å². The third-order valence-corrected chi connectivity index (χ3v) is 5.86. The maximum absolute atomic E-state index is 13.0. The van der Waals surface area contributed by atoms with E-state index in [0.717, 1.165) is 11.8 Å². The molecule has 0 bridgehead atoms. The number of hydrogen-bond acceptors (Lipinski definition) is 5. The first-order valence-corrected chi connectivity index (χ1v) is 12.0. The minimum atomic E-state index is -3.35. The number of hydrogen-bond donors (Lipinski definition) is 3. The Balaban J connectivity index is 2.64. The van der Waals surface area contributed by atoms with Crippen molar-refractivity contribution in [2.45, 2.75) is 29.9 Å². The van der Waals surface area contributed by atoms with E-state index in [-0.39, 0.29) is 23.8 Å². The predicted octanol–water partition coefficient (Wildman–Crippen LogP) is 3.75. The molecule has 2 rings (SSSR count). The fourth-order valence-electron chi connectivity index (χ4n) is 2.87. The van der Waals surface area contributed by atoms with Crippen LogP contribution in [-0.2, 0) is 14.6 Å². The van der Waals surface area contributed by atoms with Gasteiger partial charge in [0.1, 0.15) is 0 Å². The summed E-state index contributed by atoms with van der Waals surface area (Å²) in [6.45, 7) is 3.89. The van der Waals surface area contributed by atoms with E-state index in [1.807, 2.05) is 13.8 Å². The molecule has 0 aliphatic rings. The van der Waals surface area contributed by atoms with Crippen LogP contribution in [0.2, 0.25) is 5.02 Å². The van der Waals surface area contributed by atoms with E-state index in [9.17, 15) is 18.3 Å². The molecule has 0 atom stereocenters. The molecule has 0 unspecified atom stereocenters. The number of rotatable bonds is 8. The third-order valence-electron chi connectivity index (χ3n) is 4.32. The van der Waals surface area contributed by atoms with Crippen molar-refractivity contribution in [3.63, 3.8) is 0 Å². The summed E-state index contributed by atoms with van der Waals surface area (Å²) in [5.74, 6) is -0.316. The van der Waals surface area contributed by atoms with Gasteiger partial charge in [0.05, 0.1) is 4.90 Å². The van der Waals surface area contributed by atoms with E-state index >= 15 is 0 Å². The van der Waals surface area contributed by atoms with E-state index in [0.29, 0.717) is 28.3 Å². The summed E-state index contributed by atoms with van der Waals surface area (Å²) < 4.78 is 23.2. The highest BCUT2D eigenvalue weighted by atomic mass is 35.5. The number of thiol groups is 1. The highest BCUT2D eigenvalue weighted by Gasteiger charge is 2.21. The Kier molecular flexibility index (Phi) is 8.16. The lowest BCUT2D eigenvalue weighted by molar-refractivity contribution is -0.117. The monoisotopic (exact) mass is 467 g/mol. The molecular formula is C22H26ClNO4S2. The van der Waals surface area contributed by atoms with Gasteiger partial charge in [-0.25, -0.2) is 8.42 Å². The lowest BCUT2D eigenvalue weighted by Gasteiger charge is -2.21. The van der Waals surface area contributed by atoms with Crippen molar-refractivity contribution < 1.29 is 18.3 Å². The molecule has 1 amide bonds. The first-order valence-electron chi connectivity index (χ1n) is 9.33. The third kappa shape index (κ3) is 6.87. The average Bonchev–Trinajstić information content (AvgIpc) is 2.66. The zero-order valence-electron chi connectivity index (χ0n) is 17.1. The summed E-state index contributed by atoms with van der Waals surface area (Å²) in [7, 11) is -3.35. The standard InChI is InChI=1S/C22H26ClNO4S2/c1-22(2,29)14-24-21(26)19(12-13-25)20(15-4-8-17(23)9-5-15)16-6-10-18(11-7-16)30(3,27)28/h4-11,25,29H,12-14H2,1-3H3,(H,24,26)/b20-19+. The number of sulfone groups is 1. The van der Waals surface area contributed by atoms with Crippen LogP contribution in [-0.4, -0.2) is 43.6 Å². The molecule has 0 radical (unpaired) electrons. The van der Waals surface area contributed by atoms with Crippen molar-refractivity contribution in [1.29, 1.82) is 0 Å². The Hall–Kier alpha value is -1.80. The highest BCUT2D eigenvalue weighted by Crippen LogP contribution is 2.30. The quantitative estimate of drug-likeness (QED) is 0.408. The van der Waals surface area contributed by atoms with Gasteiger partial charge in [0.25, 0.3) is 0 Å². The molecule has 0 spiro atoms.